The average Bonchev–Trinajstić information content (AvgIpc) is 3.23. The van der Waals surface area contributed by atoms with Crippen molar-refractivity contribution in [1.29, 1.82) is 0 Å². The first-order valence-corrected chi connectivity index (χ1v) is 9.72. The molecule has 1 N–H and O–H groups in total. The quantitative estimate of drug-likeness (QED) is 0.593. The first-order valence-electron chi connectivity index (χ1n) is 8.73. The molecule has 0 saturated carbocycles. The van der Waals surface area contributed by atoms with Gasteiger partial charge in [0.15, 0.2) is 16.7 Å². The van der Waals surface area contributed by atoms with Crippen molar-refractivity contribution in [2.45, 2.75) is 18.4 Å². The molecule has 4 rings (SSSR count). The van der Waals surface area contributed by atoms with Crippen LogP contribution in [0.2, 0.25) is 0 Å². The number of alkyl halides is 2. The molecule has 1 amide bonds. The van der Waals surface area contributed by atoms with E-state index in [2.05, 4.69) is 25.0 Å². The highest BCUT2D eigenvalue weighted by atomic mass is 32.2. The van der Waals surface area contributed by atoms with Crippen molar-refractivity contribution in [2.24, 2.45) is 0 Å². The maximum atomic E-state index is 13.1. The summed E-state index contributed by atoms with van der Waals surface area (Å²) in [4.78, 5) is 12.3. The minimum Gasteiger partial charge on any atom is -0.497 e. The van der Waals surface area contributed by atoms with Crippen LogP contribution in [0.4, 0.5) is 14.5 Å². The number of hydrogen-bond acceptors (Lipinski definition) is 7. The van der Waals surface area contributed by atoms with Crippen LogP contribution in [0.1, 0.15) is 5.82 Å². The van der Waals surface area contributed by atoms with Gasteiger partial charge in [0.2, 0.25) is 5.91 Å². The molecule has 3 aromatic rings. The summed E-state index contributed by atoms with van der Waals surface area (Å²) >= 11 is 1.20. The molecule has 2 heterocycles. The van der Waals surface area contributed by atoms with Gasteiger partial charge in [-0.2, -0.15) is 0 Å². The van der Waals surface area contributed by atoms with Gasteiger partial charge >= 0.3 is 6.29 Å². The first kappa shape index (κ1) is 20.0. The number of carbonyl (C=O) groups excluding carboxylic acids is 1. The summed E-state index contributed by atoms with van der Waals surface area (Å²) in [7, 11) is 1.59. The van der Waals surface area contributed by atoms with Crippen LogP contribution in [-0.2, 0) is 4.79 Å². The molecule has 2 aromatic carbocycles. The van der Waals surface area contributed by atoms with E-state index in [1.807, 2.05) is 35.8 Å². The zero-order chi connectivity index (χ0) is 21.3. The monoisotopic (exact) mass is 434 g/mol. The molecule has 0 saturated heterocycles. The van der Waals surface area contributed by atoms with E-state index in [-0.39, 0.29) is 23.2 Å². The summed E-state index contributed by atoms with van der Waals surface area (Å²) in [6.45, 7) is 1.81. The lowest BCUT2D eigenvalue weighted by atomic mass is 10.3. The lowest BCUT2D eigenvalue weighted by Gasteiger charge is -2.09. The number of rotatable bonds is 6. The predicted molar refractivity (Wildman–Crippen MR) is 105 cm³/mol. The molecule has 156 valence electrons. The highest BCUT2D eigenvalue weighted by molar-refractivity contribution is 7.99. The number of nitrogens with zero attached hydrogens (tertiary/aromatic N) is 3. The van der Waals surface area contributed by atoms with Crippen LogP contribution in [0, 0.1) is 6.92 Å². The van der Waals surface area contributed by atoms with Gasteiger partial charge < -0.3 is 19.5 Å². The summed E-state index contributed by atoms with van der Waals surface area (Å²) in [5, 5.41) is 11.4. The second-order valence-corrected chi connectivity index (χ2v) is 7.17. The Balaban J connectivity index is 1.41. The Hall–Kier alpha value is -3.34. The van der Waals surface area contributed by atoms with Gasteiger partial charge in [-0.3, -0.25) is 9.36 Å². The molecule has 30 heavy (non-hydrogen) atoms. The van der Waals surface area contributed by atoms with Crippen LogP contribution in [0.25, 0.3) is 5.69 Å². The molecule has 0 spiro atoms. The number of nitrogens with one attached hydrogen (secondary N) is 1. The molecule has 0 atom stereocenters. The van der Waals surface area contributed by atoms with Crippen molar-refractivity contribution in [1.82, 2.24) is 14.8 Å². The van der Waals surface area contributed by atoms with Crippen molar-refractivity contribution in [3.05, 3.63) is 48.3 Å². The Morgan fingerprint density at radius 3 is 2.63 bits per heavy atom. The minimum atomic E-state index is -3.70. The van der Waals surface area contributed by atoms with Gasteiger partial charge in [-0.1, -0.05) is 11.8 Å². The van der Waals surface area contributed by atoms with E-state index in [1.165, 1.54) is 30.0 Å². The summed E-state index contributed by atoms with van der Waals surface area (Å²) < 4.78 is 41.9. The largest absolute Gasteiger partial charge is 0.586 e. The number of amides is 1. The zero-order valence-electron chi connectivity index (χ0n) is 15.9. The van der Waals surface area contributed by atoms with Crippen LogP contribution in [-0.4, -0.2) is 39.8 Å². The Morgan fingerprint density at radius 1 is 1.17 bits per heavy atom. The second kappa shape index (κ2) is 7.82. The van der Waals surface area contributed by atoms with Gasteiger partial charge in [0.1, 0.15) is 11.6 Å². The third-order valence-electron chi connectivity index (χ3n) is 4.14. The summed E-state index contributed by atoms with van der Waals surface area (Å²) in [5.74, 6) is 0.862. The number of anilines is 1. The number of aromatic nitrogens is 3. The van der Waals surface area contributed by atoms with Crippen molar-refractivity contribution in [3.8, 4) is 22.9 Å². The van der Waals surface area contributed by atoms with E-state index >= 15 is 0 Å². The SMILES string of the molecule is COc1ccc(-n2c(C)nnc2SCC(=O)Nc2ccc3c(c2)OC(F)(F)O3)cc1. The Morgan fingerprint density at radius 2 is 1.90 bits per heavy atom. The molecule has 0 radical (unpaired) electrons. The normalized spacial score (nSPS) is 13.9. The molecular formula is C19H16F2N4O4S. The van der Waals surface area contributed by atoms with E-state index in [4.69, 9.17) is 4.74 Å². The Labute approximate surface area is 174 Å². The highest BCUT2D eigenvalue weighted by Crippen LogP contribution is 2.42. The van der Waals surface area contributed by atoms with Crippen molar-refractivity contribution in [3.63, 3.8) is 0 Å². The van der Waals surface area contributed by atoms with E-state index in [0.29, 0.717) is 16.7 Å². The summed E-state index contributed by atoms with van der Waals surface area (Å²) in [6.07, 6.45) is -3.70. The van der Waals surface area contributed by atoms with E-state index in [0.717, 1.165) is 11.4 Å². The summed E-state index contributed by atoms with van der Waals surface area (Å²) in [6, 6.07) is 11.4. The molecule has 0 fully saturated rings. The van der Waals surface area contributed by atoms with Gasteiger partial charge in [0.25, 0.3) is 0 Å². The molecular weight excluding hydrogens is 418 g/mol. The number of methoxy groups -OCH3 is 1. The zero-order valence-corrected chi connectivity index (χ0v) is 16.7. The molecule has 0 aliphatic carbocycles. The van der Waals surface area contributed by atoms with E-state index < -0.39 is 6.29 Å². The Bertz CT molecular complexity index is 1090. The molecule has 8 nitrogen and oxygen atoms in total. The predicted octanol–water partition coefficient (Wildman–Crippen LogP) is 3.64. The van der Waals surface area contributed by atoms with Crippen LogP contribution in [0.3, 0.4) is 0 Å². The minimum absolute atomic E-state index is 0.0406. The number of fused-ring (bicyclic) bond motifs is 1. The van der Waals surface area contributed by atoms with Crippen LogP contribution >= 0.6 is 11.8 Å². The van der Waals surface area contributed by atoms with Gasteiger partial charge in [0, 0.05) is 17.4 Å². The van der Waals surface area contributed by atoms with E-state index in [1.54, 1.807) is 7.11 Å². The van der Waals surface area contributed by atoms with Crippen molar-refractivity contribution in [2.75, 3.05) is 18.2 Å². The number of benzene rings is 2. The molecule has 1 aliphatic heterocycles. The highest BCUT2D eigenvalue weighted by Gasteiger charge is 2.43. The maximum Gasteiger partial charge on any atom is 0.586 e. The van der Waals surface area contributed by atoms with Crippen LogP contribution in [0.15, 0.2) is 47.6 Å². The van der Waals surface area contributed by atoms with Gasteiger partial charge in [-0.25, -0.2) is 0 Å². The fraction of sp³-hybridized carbons (Fsp3) is 0.211. The third-order valence-corrected chi connectivity index (χ3v) is 5.07. The number of hydrogen-bond donors (Lipinski definition) is 1. The summed E-state index contributed by atoms with van der Waals surface area (Å²) in [5.41, 5.74) is 1.14. The molecule has 0 bridgehead atoms. The van der Waals surface area contributed by atoms with Crippen molar-refractivity contribution >= 4 is 23.4 Å². The first-order chi connectivity index (χ1) is 14.3. The van der Waals surface area contributed by atoms with Gasteiger partial charge in [-0.15, -0.1) is 19.0 Å². The lowest BCUT2D eigenvalue weighted by Crippen LogP contribution is -2.25. The number of carbonyl (C=O) groups is 1. The Kier molecular flexibility index (Phi) is 5.20. The number of ether oxygens (including phenoxy) is 3. The van der Waals surface area contributed by atoms with Gasteiger partial charge in [-0.05, 0) is 43.3 Å². The average molecular weight is 434 g/mol. The second-order valence-electron chi connectivity index (χ2n) is 6.23. The fourth-order valence-electron chi connectivity index (χ4n) is 2.82. The van der Waals surface area contributed by atoms with Gasteiger partial charge in [0.05, 0.1) is 12.9 Å². The smallest absolute Gasteiger partial charge is 0.497 e. The van der Waals surface area contributed by atoms with Crippen LogP contribution < -0.4 is 19.5 Å². The molecule has 1 aliphatic rings. The number of aryl methyl sites for hydroxylation is 1. The third kappa shape index (κ3) is 4.15. The van der Waals surface area contributed by atoms with Crippen LogP contribution in [0.5, 0.6) is 17.2 Å². The van der Waals surface area contributed by atoms with E-state index in [9.17, 15) is 13.6 Å². The standard InChI is InChI=1S/C19H16F2N4O4S/c1-11-23-24-18(25(11)13-4-6-14(27-2)7-5-13)30-10-17(26)22-12-3-8-15-16(9-12)29-19(20,21)28-15/h3-9H,10H2,1-2H3,(H,22,26). The molecule has 0 unspecified atom stereocenters. The molecule has 11 heteroatoms. The van der Waals surface area contributed by atoms with Crippen molar-refractivity contribution < 1.29 is 27.8 Å². The molecule has 1 aromatic heterocycles. The topological polar surface area (TPSA) is 87.5 Å². The maximum absolute atomic E-state index is 13.1. The number of thioether (sulfide) groups is 1. The number of halogens is 2. The fourth-order valence-corrected chi connectivity index (χ4v) is 3.62. The lowest BCUT2D eigenvalue weighted by molar-refractivity contribution is -0.286.